The van der Waals surface area contributed by atoms with Crippen LogP contribution >= 0.6 is 0 Å². The Morgan fingerprint density at radius 1 is 1.19 bits per heavy atom. The molecule has 1 amide bonds. The largest absolute Gasteiger partial charge is 0.493 e. The van der Waals surface area contributed by atoms with Crippen molar-refractivity contribution >= 4 is 29.4 Å². The number of hydrogen-bond donors (Lipinski definition) is 1. The minimum Gasteiger partial charge on any atom is -0.493 e. The summed E-state index contributed by atoms with van der Waals surface area (Å²) in [4.78, 5) is 23.7. The Bertz CT molecular complexity index is 935. The number of nitrogens with zero attached hydrogens (tertiary/aromatic N) is 2. The fourth-order valence-electron chi connectivity index (χ4n) is 2.68. The van der Waals surface area contributed by atoms with Crippen LogP contribution in [0.2, 0.25) is 0 Å². The van der Waals surface area contributed by atoms with Crippen molar-refractivity contribution in [2.24, 2.45) is 5.10 Å². The molecule has 0 aromatic heterocycles. The molecule has 0 bridgehead atoms. The van der Waals surface area contributed by atoms with Crippen molar-refractivity contribution in [2.45, 2.75) is 6.92 Å². The van der Waals surface area contributed by atoms with E-state index in [1.165, 1.54) is 12.1 Å². The molecule has 2 aromatic rings. The number of carboxylic acids is 1. The van der Waals surface area contributed by atoms with E-state index in [2.05, 4.69) is 5.10 Å². The molecule has 7 nitrogen and oxygen atoms in total. The number of benzene rings is 2. The molecule has 1 N–H and O–H groups in total. The normalized spacial score (nSPS) is 15.0. The van der Waals surface area contributed by atoms with Crippen molar-refractivity contribution in [1.82, 2.24) is 0 Å². The summed E-state index contributed by atoms with van der Waals surface area (Å²) in [5.41, 5.74) is 2.14. The van der Waals surface area contributed by atoms with E-state index in [0.717, 1.165) is 0 Å². The second-order valence-electron chi connectivity index (χ2n) is 5.76. The van der Waals surface area contributed by atoms with E-state index in [4.69, 9.17) is 14.6 Å². The van der Waals surface area contributed by atoms with Gasteiger partial charge in [-0.2, -0.15) is 10.1 Å². The van der Waals surface area contributed by atoms with Gasteiger partial charge in [0.1, 0.15) is 0 Å². The van der Waals surface area contributed by atoms with E-state index in [1.807, 2.05) is 18.2 Å². The maximum Gasteiger partial charge on any atom is 0.341 e. The number of para-hydroxylation sites is 2. The van der Waals surface area contributed by atoms with E-state index in [1.54, 1.807) is 43.3 Å². The quantitative estimate of drug-likeness (QED) is 0.794. The molecule has 1 heterocycles. The summed E-state index contributed by atoms with van der Waals surface area (Å²) in [5, 5.41) is 14.6. The van der Waals surface area contributed by atoms with Crippen LogP contribution in [0.15, 0.2) is 59.2 Å². The molecule has 0 saturated heterocycles. The lowest BCUT2D eigenvalue weighted by atomic mass is 10.1. The zero-order valence-electron chi connectivity index (χ0n) is 14.9. The lowest BCUT2D eigenvalue weighted by Crippen LogP contribution is -2.21. The second-order valence-corrected chi connectivity index (χ2v) is 5.76. The molecule has 0 fully saturated rings. The maximum absolute atomic E-state index is 12.8. The Morgan fingerprint density at radius 2 is 1.93 bits per heavy atom. The zero-order chi connectivity index (χ0) is 19.4. The fourth-order valence-corrected chi connectivity index (χ4v) is 2.68. The van der Waals surface area contributed by atoms with Crippen LogP contribution in [0, 0.1) is 0 Å². The molecule has 7 heteroatoms. The summed E-state index contributed by atoms with van der Waals surface area (Å²) in [6.45, 7) is 1.22. The molecule has 0 spiro atoms. The highest BCUT2D eigenvalue weighted by Gasteiger charge is 2.29. The Labute approximate surface area is 156 Å². The molecular formula is C20H18N2O5. The third-order valence-corrected chi connectivity index (χ3v) is 3.93. The lowest BCUT2D eigenvalue weighted by molar-refractivity contribution is -0.139. The van der Waals surface area contributed by atoms with Gasteiger partial charge < -0.3 is 14.6 Å². The minimum absolute atomic E-state index is 0.258. The molecule has 0 unspecified atom stereocenters. The average molecular weight is 366 g/mol. The van der Waals surface area contributed by atoms with Crippen LogP contribution in [0.25, 0.3) is 6.08 Å². The number of carbonyl (C=O) groups excluding carboxylic acids is 1. The average Bonchev–Trinajstić information content (AvgIpc) is 2.95. The smallest absolute Gasteiger partial charge is 0.341 e. The third kappa shape index (κ3) is 3.82. The van der Waals surface area contributed by atoms with Gasteiger partial charge >= 0.3 is 5.97 Å². The van der Waals surface area contributed by atoms with Crippen molar-refractivity contribution in [2.75, 3.05) is 18.7 Å². The molecule has 2 aromatic carbocycles. The van der Waals surface area contributed by atoms with Gasteiger partial charge in [-0.15, -0.1) is 0 Å². The van der Waals surface area contributed by atoms with Crippen LogP contribution in [0.3, 0.4) is 0 Å². The first kappa shape index (κ1) is 18.2. The van der Waals surface area contributed by atoms with Gasteiger partial charge in [0.15, 0.2) is 18.1 Å². The van der Waals surface area contributed by atoms with Crippen molar-refractivity contribution in [3.05, 3.63) is 59.7 Å². The summed E-state index contributed by atoms with van der Waals surface area (Å²) < 4.78 is 10.6. The summed E-state index contributed by atoms with van der Waals surface area (Å²) >= 11 is 0. The molecule has 0 aliphatic carbocycles. The highest BCUT2D eigenvalue weighted by Crippen LogP contribution is 2.34. The second kappa shape index (κ2) is 7.74. The highest BCUT2D eigenvalue weighted by molar-refractivity contribution is 6.32. The summed E-state index contributed by atoms with van der Waals surface area (Å²) in [6.07, 6.45) is 1.63. The molecule has 0 saturated carbocycles. The van der Waals surface area contributed by atoms with Crippen molar-refractivity contribution in [3.8, 4) is 11.5 Å². The van der Waals surface area contributed by atoms with Crippen LogP contribution in [-0.4, -0.2) is 36.4 Å². The first-order valence-electron chi connectivity index (χ1n) is 8.19. The number of amides is 1. The monoisotopic (exact) mass is 366 g/mol. The van der Waals surface area contributed by atoms with Crippen LogP contribution in [0.1, 0.15) is 12.5 Å². The first-order chi connectivity index (χ1) is 13.0. The lowest BCUT2D eigenvalue weighted by Gasteiger charge is -2.13. The maximum atomic E-state index is 12.8. The van der Waals surface area contributed by atoms with Gasteiger partial charge in [-0.05, 0) is 31.2 Å². The predicted molar refractivity (Wildman–Crippen MR) is 101 cm³/mol. The van der Waals surface area contributed by atoms with Crippen LogP contribution in [0.5, 0.6) is 11.5 Å². The van der Waals surface area contributed by atoms with Gasteiger partial charge in [-0.25, -0.2) is 4.79 Å². The topological polar surface area (TPSA) is 88.4 Å². The predicted octanol–water partition coefficient (Wildman–Crippen LogP) is 2.96. The standard InChI is InChI=1S/C20H18N2O5/c1-13-16(20(25)22(21-13)15-8-4-3-5-9-15)11-14-7-6-10-17(26-2)19(14)27-12-18(23)24/h3-11H,12H2,1-2H3,(H,23,24)/b16-11-. The van der Waals surface area contributed by atoms with Gasteiger partial charge in [0.25, 0.3) is 5.91 Å². The third-order valence-electron chi connectivity index (χ3n) is 3.93. The highest BCUT2D eigenvalue weighted by atomic mass is 16.5. The molecule has 27 heavy (non-hydrogen) atoms. The minimum atomic E-state index is -1.11. The number of hydrazone groups is 1. The number of anilines is 1. The van der Waals surface area contributed by atoms with Crippen molar-refractivity contribution in [3.63, 3.8) is 0 Å². The van der Waals surface area contributed by atoms with Crippen LogP contribution in [0.4, 0.5) is 5.69 Å². The number of hydrogen-bond acceptors (Lipinski definition) is 5. The molecule has 1 aliphatic rings. The van der Waals surface area contributed by atoms with E-state index < -0.39 is 12.6 Å². The number of methoxy groups -OCH3 is 1. The van der Waals surface area contributed by atoms with E-state index in [9.17, 15) is 9.59 Å². The Morgan fingerprint density at radius 3 is 2.59 bits per heavy atom. The van der Waals surface area contributed by atoms with Crippen molar-refractivity contribution in [1.29, 1.82) is 0 Å². The number of ether oxygens (including phenoxy) is 2. The molecule has 3 rings (SSSR count). The van der Waals surface area contributed by atoms with Gasteiger partial charge in [0.05, 0.1) is 24.1 Å². The van der Waals surface area contributed by atoms with Gasteiger partial charge in [-0.3, -0.25) is 4.79 Å². The van der Waals surface area contributed by atoms with Gasteiger partial charge in [0, 0.05) is 5.56 Å². The van der Waals surface area contributed by atoms with Crippen LogP contribution in [-0.2, 0) is 9.59 Å². The fraction of sp³-hybridized carbons (Fsp3) is 0.150. The van der Waals surface area contributed by atoms with Crippen molar-refractivity contribution < 1.29 is 24.2 Å². The Hall–Kier alpha value is -3.61. The zero-order valence-corrected chi connectivity index (χ0v) is 14.9. The number of rotatable bonds is 6. The molecule has 138 valence electrons. The molecular weight excluding hydrogens is 348 g/mol. The van der Waals surface area contributed by atoms with Gasteiger partial charge in [-0.1, -0.05) is 30.3 Å². The summed E-state index contributed by atoms with van der Waals surface area (Å²) in [7, 11) is 1.46. The molecule has 0 atom stereocenters. The number of carboxylic acid groups (broad SMARTS) is 1. The first-order valence-corrected chi connectivity index (χ1v) is 8.19. The SMILES string of the molecule is COc1cccc(/C=C2\C(=O)N(c3ccccc3)N=C2C)c1OCC(=O)O. The van der Waals surface area contributed by atoms with E-state index in [0.29, 0.717) is 28.3 Å². The number of aliphatic carboxylic acids is 1. The summed E-state index contributed by atoms with van der Waals surface area (Å²) in [5.74, 6) is -0.741. The number of carbonyl (C=O) groups is 2. The molecule has 1 aliphatic heterocycles. The Kier molecular flexibility index (Phi) is 5.21. The van der Waals surface area contributed by atoms with Gasteiger partial charge in [0.2, 0.25) is 0 Å². The Balaban J connectivity index is 1.98. The van der Waals surface area contributed by atoms with Crippen LogP contribution < -0.4 is 14.5 Å². The summed E-state index contributed by atoms with van der Waals surface area (Å²) in [6, 6.07) is 14.2. The molecule has 0 radical (unpaired) electrons. The van der Waals surface area contributed by atoms with E-state index in [-0.39, 0.29) is 11.7 Å². The van der Waals surface area contributed by atoms with E-state index >= 15 is 0 Å².